The molecule has 2 aromatic rings. The molecule has 0 unspecified atom stereocenters. The quantitative estimate of drug-likeness (QED) is 0.891. The summed E-state index contributed by atoms with van der Waals surface area (Å²) in [5, 5.41) is 2.96. The van der Waals surface area contributed by atoms with Gasteiger partial charge in [-0.05, 0) is 48.2 Å². The average molecular weight is 297 g/mol. The largest absolute Gasteiger partial charge is 0.378 e. The Kier molecular flexibility index (Phi) is 5.53. The number of hydrogen-bond donors (Lipinski definition) is 1. The summed E-state index contributed by atoms with van der Waals surface area (Å²) in [6.07, 6.45) is 4.83. The summed E-state index contributed by atoms with van der Waals surface area (Å²) in [4.78, 5) is 18.1. The molecule has 1 aromatic carbocycles. The van der Waals surface area contributed by atoms with E-state index in [4.69, 9.17) is 0 Å². The Morgan fingerprint density at radius 3 is 2.55 bits per heavy atom. The Hall–Kier alpha value is -2.36. The lowest BCUT2D eigenvalue weighted by molar-refractivity contribution is -0.121. The minimum absolute atomic E-state index is 0.0768. The van der Waals surface area contributed by atoms with E-state index in [0.717, 1.165) is 17.5 Å². The van der Waals surface area contributed by atoms with Crippen LogP contribution < -0.4 is 10.2 Å². The molecule has 0 bridgehead atoms. The Morgan fingerprint density at radius 1 is 1.18 bits per heavy atom. The maximum Gasteiger partial charge on any atom is 0.220 e. The number of carbonyl (C=O) groups excluding carboxylic acids is 1. The number of benzene rings is 1. The maximum absolute atomic E-state index is 11.9. The molecule has 0 aliphatic heterocycles. The molecule has 2 rings (SSSR count). The Bertz CT molecular complexity index is 620. The third-order valence-electron chi connectivity index (χ3n) is 3.71. The summed E-state index contributed by atoms with van der Waals surface area (Å²) in [6.45, 7) is 2.56. The van der Waals surface area contributed by atoms with Crippen LogP contribution in [0.2, 0.25) is 0 Å². The highest BCUT2D eigenvalue weighted by Gasteiger charge is 2.04. The molecular formula is C18H23N3O. The first-order valence-corrected chi connectivity index (χ1v) is 7.48. The fraction of sp³-hybridized carbons (Fsp3) is 0.333. The van der Waals surface area contributed by atoms with Crippen molar-refractivity contribution in [1.29, 1.82) is 0 Å². The van der Waals surface area contributed by atoms with Gasteiger partial charge in [0.15, 0.2) is 0 Å². The summed E-state index contributed by atoms with van der Waals surface area (Å²) in [7, 11) is 4.03. The topological polar surface area (TPSA) is 45.2 Å². The SMILES string of the molecule is Cc1cnccc1CNC(=O)CCc1ccc(N(C)C)cc1. The minimum Gasteiger partial charge on any atom is -0.378 e. The molecule has 1 aromatic heterocycles. The van der Waals surface area contributed by atoms with Gasteiger partial charge in [-0.15, -0.1) is 0 Å². The molecule has 0 saturated carbocycles. The van der Waals surface area contributed by atoms with E-state index < -0.39 is 0 Å². The summed E-state index contributed by atoms with van der Waals surface area (Å²) < 4.78 is 0. The Labute approximate surface area is 132 Å². The average Bonchev–Trinajstić information content (AvgIpc) is 2.52. The predicted molar refractivity (Wildman–Crippen MR) is 89.9 cm³/mol. The van der Waals surface area contributed by atoms with Gasteiger partial charge in [-0.2, -0.15) is 0 Å². The lowest BCUT2D eigenvalue weighted by Gasteiger charge is -2.12. The van der Waals surface area contributed by atoms with Crippen molar-refractivity contribution in [1.82, 2.24) is 10.3 Å². The zero-order valence-electron chi connectivity index (χ0n) is 13.5. The van der Waals surface area contributed by atoms with Crippen molar-refractivity contribution in [2.24, 2.45) is 0 Å². The molecule has 0 aliphatic carbocycles. The van der Waals surface area contributed by atoms with Crippen LogP contribution in [0, 0.1) is 6.92 Å². The summed E-state index contributed by atoms with van der Waals surface area (Å²) in [5.41, 5.74) is 4.56. The van der Waals surface area contributed by atoms with Crippen LogP contribution in [0.5, 0.6) is 0 Å². The molecule has 22 heavy (non-hydrogen) atoms. The third-order valence-corrected chi connectivity index (χ3v) is 3.71. The van der Waals surface area contributed by atoms with Crippen LogP contribution in [0.25, 0.3) is 0 Å². The number of nitrogens with one attached hydrogen (secondary N) is 1. The van der Waals surface area contributed by atoms with Gasteiger partial charge >= 0.3 is 0 Å². The predicted octanol–water partition coefficient (Wildman–Crippen LogP) is 2.71. The molecule has 4 nitrogen and oxygen atoms in total. The monoisotopic (exact) mass is 297 g/mol. The zero-order valence-corrected chi connectivity index (χ0v) is 13.5. The van der Waals surface area contributed by atoms with E-state index in [2.05, 4.69) is 39.5 Å². The van der Waals surface area contributed by atoms with Gasteiger partial charge in [-0.25, -0.2) is 0 Å². The fourth-order valence-electron chi connectivity index (χ4n) is 2.20. The van der Waals surface area contributed by atoms with Gasteiger partial charge in [0, 0.05) is 45.1 Å². The molecule has 0 saturated heterocycles. The van der Waals surface area contributed by atoms with Crippen molar-refractivity contribution in [3.8, 4) is 0 Å². The van der Waals surface area contributed by atoms with Crippen LogP contribution in [0.4, 0.5) is 5.69 Å². The number of hydrogen-bond acceptors (Lipinski definition) is 3. The highest BCUT2D eigenvalue weighted by Crippen LogP contribution is 2.13. The number of carbonyl (C=O) groups is 1. The number of pyridine rings is 1. The van der Waals surface area contributed by atoms with Crippen LogP contribution in [0.15, 0.2) is 42.7 Å². The summed E-state index contributed by atoms with van der Waals surface area (Å²) in [5.74, 6) is 0.0768. The number of aryl methyl sites for hydroxylation is 2. The number of anilines is 1. The van der Waals surface area contributed by atoms with Gasteiger partial charge in [-0.1, -0.05) is 12.1 Å². The van der Waals surface area contributed by atoms with Crippen molar-refractivity contribution in [2.45, 2.75) is 26.3 Å². The number of amides is 1. The van der Waals surface area contributed by atoms with Gasteiger partial charge in [0.1, 0.15) is 0 Å². The summed E-state index contributed by atoms with van der Waals surface area (Å²) >= 11 is 0. The van der Waals surface area contributed by atoms with E-state index in [0.29, 0.717) is 13.0 Å². The maximum atomic E-state index is 11.9. The van der Waals surface area contributed by atoms with Gasteiger partial charge in [0.25, 0.3) is 0 Å². The van der Waals surface area contributed by atoms with Crippen LogP contribution in [0.1, 0.15) is 23.1 Å². The van der Waals surface area contributed by atoms with Crippen molar-refractivity contribution in [3.63, 3.8) is 0 Å². The first-order valence-electron chi connectivity index (χ1n) is 7.48. The lowest BCUT2D eigenvalue weighted by atomic mass is 10.1. The molecule has 4 heteroatoms. The van der Waals surface area contributed by atoms with Crippen molar-refractivity contribution >= 4 is 11.6 Å². The highest BCUT2D eigenvalue weighted by molar-refractivity contribution is 5.76. The van der Waals surface area contributed by atoms with E-state index in [1.165, 1.54) is 11.3 Å². The molecule has 0 fully saturated rings. The van der Waals surface area contributed by atoms with Gasteiger partial charge in [0.05, 0.1) is 0 Å². The van der Waals surface area contributed by atoms with Crippen LogP contribution in [-0.4, -0.2) is 25.0 Å². The number of aromatic nitrogens is 1. The highest BCUT2D eigenvalue weighted by atomic mass is 16.1. The van der Waals surface area contributed by atoms with E-state index in [1.54, 1.807) is 6.20 Å². The minimum atomic E-state index is 0.0768. The molecule has 1 N–H and O–H groups in total. The zero-order chi connectivity index (χ0) is 15.9. The molecule has 0 radical (unpaired) electrons. The normalized spacial score (nSPS) is 10.3. The van der Waals surface area contributed by atoms with Gasteiger partial charge in [-0.3, -0.25) is 9.78 Å². The molecule has 1 amide bonds. The Morgan fingerprint density at radius 2 is 1.91 bits per heavy atom. The standard InChI is InChI=1S/C18H23N3O/c1-14-12-19-11-10-16(14)13-20-18(22)9-6-15-4-7-17(8-5-15)21(2)3/h4-5,7-8,10-12H,6,9,13H2,1-3H3,(H,20,22). The second-order valence-electron chi connectivity index (χ2n) is 5.64. The van der Waals surface area contributed by atoms with Crippen molar-refractivity contribution in [2.75, 3.05) is 19.0 Å². The molecule has 0 atom stereocenters. The fourth-order valence-corrected chi connectivity index (χ4v) is 2.20. The van der Waals surface area contributed by atoms with E-state index >= 15 is 0 Å². The number of rotatable bonds is 6. The molecule has 0 aliphatic rings. The van der Waals surface area contributed by atoms with E-state index in [1.807, 2.05) is 33.3 Å². The van der Waals surface area contributed by atoms with Crippen molar-refractivity contribution in [3.05, 3.63) is 59.4 Å². The smallest absolute Gasteiger partial charge is 0.220 e. The second-order valence-corrected chi connectivity index (χ2v) is 5.64. The van der Waals surface area contributed by atoms with Crippen LogP contribution >= 0.6 is 0 Å². The van der Waals surface area contributed by atoms with E-state index in [9.17, 15) is 4.79 Å². The van der Waals surface area contributed by atoms with Crippen LogP contribution in [-0.2, 0) is 17.8 Å². The van der Waals surface area contributed by atoms with E-state index in [-0.39, 0.29) is 5.91 Å². The molecular weight excluding hydrogens is 274 g/mol. The molecule has 1 heterocycles. The van der Waals surface area contributed by atoms with Crippen molar-refractivity contribution < 1.29 is 4.79 Å². The molecule has 0 spiro atoms. The third kappa shape index (κ3) is 4.58. The number of nitrogens with zero attached hydrogens (tertiary/aromatic N) is 2. The van der Waals surface area contributed by atoms with Gasteiger partial charge in [0.2, 0.25) is 5.91 Å². The summed E-state index contributed by atoms with van der Waals surface area (Å²) in [6, 6.07) is 10.3. The Balaban J connectivity index is 1.79. The first-order chi connectivity index (χ1) is 10.6. The molecule has 116 valence electrons. The first kappa shape index (κ1) is 16.0. The van der Waals surface area contributed by atoms with Crippen LogP contribution in [0.3, 0.4) is 0 Å². The van der Waals surface area contributed by atoms with Gasteiger partial charge < -0.3 is 10.2 Å². The lowest BCUT2D eigenvalue weighted by Crippen LogP contribution is -2.23. The second kappa shape index (κ2) is 7.59.